The number of rotatable bonds is 3. The van der Waals surface area contributed by atoms with Gasteiger partial charge in [0, 0.05) is 20.2 Å². The molecule has 5 nitrogen and oxygen atoms in total. The van der Waals surface area contributed by atoms with Gasteiger partial charge in [0.05, 0.1) is 6.10 Å². The highest BCUT2D eigenvalue weighted by Crippen LogP contribution is 2.17. The van der Waals surface area contributed by atoms with E-state index in [2.05, 4.69) is 4.98 Å². The Morgan fingerprint density at radius 1 is 1.50 bits per heavy atom. The van der Waals surface area contributed by atoms with Crippen molar-refractivity contribution in [3.63, 3.8) is 0 Å². The van der Waals surface area contributed by atoms with E-state index in [1.54, 1.807) is 7.11 Å². The second-order valence-corrected chi connectivity index (χ2v) is 5.09. The number of carbonyl (C=O) groups is 1. The third-order valence-corrected chi connectivity index (χ3v) is 3.70. The summed E-state index contributed by atoms with van der Waals surface area (Å²) in [6.07, 6.45) is 2.36. The highest BCUT2D eigenvalue weighted by molar-refractivity contribution is 5.79. The maximum absolute atomic E-state index is 12.3. The van der Waals surface area contributed by atoms with Crippen LogP contribution in [-0.4, -0.2) is 42.1 Å². The quantitative estimate of drug-likeness (QED) is 0.859. The SMILES string of the molecule is COC1CCCN(C(=O)Cc2nc3ccccc3o2)C1. The summed E-state index contributed by atoms with van der Waals surface area (Å²) in [5.74, 6) is 0.536. The average Bonchev–Trinajstić information content (AvgIpc) is 2.89. The molecule has 1 amide bonds. The highest BCUT2D eigenvalue weighted by Gasteiger charge is 2.24. The molecular formula is C15H18N2O3. The Bertz CT molecular complexity index is 575. The summed E-state index contributed by atoms with van der Waals surface area (Å²) < 4.78 is 10.9. The van der Waals surface area contributed by atoms with Gasteiger partial charge in [-0.05, 0) is 25.0 Å². The van der Waals surface area contributed by atoms with Crippen molar-refractivity contribution in [2.24, 2.45) is 0 Å². The van der Waals surface area contributed by atoms with Gasteiger partial charge in [0.1, 0.15) is 11.9 Å². The fourth-order valence-corrected chi connectivity index (χ4v) is 2.59. The van der Waals surface area contributed by atoms with Crippen LogP contribution in [0.1, 0.15) is 18.7 Å². The standard InChI is InChI=1S/C15H18N2O3/c1-19-11-5-4-8-17(10-11)15(18)9-14-16-12-6-2-3-7-13(12)20-14/h2-3,6-7,11H,4-5,8-10H2,1H3. The number of para-hydroxylation sites is 2. The lowest BCUT2D eigenvalue weighted by Gasteiger charge is -2.31. The van der Waals surface area contributed by atoms with Crippen LogP contribution in [0, 0.1) is 0 Å². The lowest BCUT2D eigenvalue weighted by Crippen LogP contribution is -2.43. The van der Waals surface area contributed by atoms with E-state index >= 15 is 0 Å². The Labute approximate surface area is 117 Å². The van der Waals surface area contributed by atoms with E-state index < -0.39 is 0 Å². The van der Waals surface area contributed by atoms with E-state index in [0.29, 0.717) is 12.4 Å². The van der Waals surface area contributed by atoms with E-state index in [0.717, 1.165) is 30.5 Å². The summed E-state index contributed by atoms with van der Waals surface area (Å²) in [5, 5.41) is 0. The lowest BCUT2D eigenvalue weighted by atomic mass is 10.1. The van der Waals surface area contributed by atoms with Crippen LogP contribution >= 0.6 is 0 Å². The molecule has 0 spiro atoms. The minimum Gasteiger partial charge on any atom is -0.440 e. The maximum Gasteiger partial charge on any atom is 0.232 e. The molecular weight excluding hydrogens is 256 g/mol. The van der Waals surface area contributed by atoms with Gasteiger partial charge in [-0.3, -0.25) is 4.79 Å². The summed E-state index contributed by atoms with van der Waals surface area (Å²) in [5.41, 5.74) is 1.52. The second kappa shape index (κ2) is 5.63. The minimum absolute atomic E-state index is 0.0540. The van der Waals surface area contributed by atoms with Gasteiger partial charge in [0.2, 0.25) is 11.8 Å². The molecule has 0 saturated carbocycles. The molecule has 0 radical (unpaired) electrons. The number of likely N-dealkylation sites (tertiary alicyclic amines) is 1. The monoisotopic (exact) mass is 274 g/mol. The smallest absolute Gasteiger partial charge is 0.232 e. The zero-order valence-electron chi connectivity index (χ0n) is 11.5. The molecule has 1 fully saturated rings. The zero-order chi connectivity index (χ0) is 13.9. The molecule has 1 aliphatic rings. The van der Waals surface area contributed by atoms with E-state index in [4.69, 9.17) is 9.15 Å². The first-order chi connectivity index (χ1) is 9.76. The number of fused-ring (bicyclic) bond motifs is 1. The third kappa shape index (κ3) is 2.67. The topological polar surface area (TPSA) is 55.6 Å². The molecule has 1 unspecified atom stereocenters. The number of piperidine rings is 1. The number of hydrogen-bond acceptors (Lipinski definition) is 4. The first-order valence-corrected chi connectivity index (χ1v) is 6.91. The van der Waals surface area contributed by atoms with Crippen LogP contribution in [0.25, 0.3) is 11.1 Å². The van der Waals surface area contributed by atoms with Crippen LogP contribution in [0.4, 0.5) is 0 Å². The van der Waals surface area contributed by atoms with Gasteiger partial charge >= 0.3 is 0 Å². The number of methoxy groups -OCH3 is 1. The molecule has 0 N–H and O–H groups in total. The first-order valence-electron chi connectivity index (χ1n) is 6.91. The maximum atomic E-state index is 12.3. The summed E-state index contributed by atoms with van der Waals surface area (Å²) in [6, 6.07) is 7.55. The van der Waals surface area contributed by atoms with Crippen LogP contribution < -0.4 is 0 Å². The van der Waals surface area contributed by atoms with Gasteiger partial charge in [0.25, 0.3) is 0 Å². The van der Waals surface area contributed by atoms with Crippen LogP contribution in [0.15, 0.2) is 28.7 Å². The molecule has 1 saturated heterocycles. The number of nitrogens with zero attached hydrogens (tertiary/aromatic N) is 2. The Balaban J connectivity index is 1.68. The number of carbonyl (C=O) groups excluding carboxylic acids is 1. The van der Waals surface area contributed by atoms with Crippen molar-refractivity contribution in [1.29, 1.82) is 0 Å². The molecule has 106 valence electrons. The van der Waals surface area contributed by atoms with Crippen molar-refractivity contribution in [1.82, 2.24) is 9.88 Å². The molecule has 1 aromatic carbocycles. The van der Waals surface area contributed by atoms with Gasteiger partial charge in [-0.25, -0.2) is 4.98 Å². The molecule has 5 heteroatoms. The van der Waals surface area contributed by atoms with Crippen molar-refractivity contribution < 1.29 is 13.9 Å². The fourth-order valence-electron chi connectivity index (χ4n) is 2.59. The molecule has 0 aliphatic carbocycles. The van der Waals surface area contributed by atoms with Gasteiger partial charge < -0.3 is 14.1 Å². The number of amides is 1. The Morgan fingerprint density at radius 2 is 2.35 bits per heavy atom. The van der Waals surface area contributed by atoms with Crippen molar-refractivity contribution in [2.75, 3.05) is 20.2 Å². The molecule has 3 rings (SSSR count). The average molecular weight is 274 g/mol. The number of oxazole rings is 1. The largest absolute Gasteiger partial charge is 0.440 e. The zero-order valence-corrected chi connectivity index (χ0v) is 11.5. The molecule has 2 heterocycles. The normalized spacial score (nSPS) is 19.4. The second-order valence-electron chi connectivity index (χ2n) is 5.09. The number of benzene rings is 1. The summed E-state index contributed by atoms with van der Waals surface area (Å²) >= 11 is 0. The fraction of sp³-hybridized carbons (Fsp3) is 0.467. The molecule has 1 aliphatic heterocycles. The summed E-state index contributed by atoms with van der Waals surface area (Å²) in [6.45, 7) is 1.45. The van der Waals surface area contributed by atoms with E-state index in [1.807, 2.05) is 29.2 Å². The molecule has 20 heavy (non-hydrogen) atoms. The first kappa shape index (κ1) is 13.1. The minimum atomic E-state index is 0.0540. The van der Waals surface area contributed by atoms with Gasteiger partial charge in [0.15, 0.2) is 5.58 Å². The molecule has 0 bridgehead atoms. The van der Waals surface area contributed by atoms with Crippen molar-refractivity contribution >= 4 is 17.0 Å². The highest BCUT2D eigenvalue weighted by atomic mass is 16.5. The van der Waals surface area contributed by atoms with Gasteiger partial charge in [-0.1, -0.05) is 12.1 Å². The van der Waals surface area contributed by atoms with Gasteiger partial charge in [-0.15, -0.1) is 0 Å². The Morgan fingerprint density at radius 3 is 3.15 bits per heavy atom. The van der Waals surface area contributed by atoms with Crippen LogP contribution in [0.2, 0.25) is 0 Å². The van der Waals surface area contributed by atoms with E-state index in [-0.39, 0.29) is 18.4 Å². The van der Waals surface area contributed by atoms with Crippen LogP contribution in [0.3, 0.4) is 0 Å². The molecule has 2 aromatic rings. The summed E-state index contributed by atoms with van der Waals surface area (Å²) in [4.78, 5) is 18.5. The predicted molar refractivity (Wildman–Crippen MR) is 74.3 cm³/mol. The predicted octanol–water partition coefficient (Wildman–Crippen LogP) is 2.01. The van der Waals surface area contributed by atoms with Gasteiger partial charge in [-0.2, -0.15) is 0 Å². The van der Waals surface area contributed by atoms with Crippen LogP contribution in [-0.2, 0) is 16.0 Å². The van der Waals surface area contributed by atoms with E-state index in [1.165, 1.54) is 0 Å². The Hall–Kier alpha value is -1.88. The number of aromatic nitrogens is 1. The summed E-state index contributed by atoms with van der Waals surface area (Å²) in [7, 11) is 1.69. The number of ether oxygens (including phenoxy) is 1. The number of hydrogen-bond donors (Lipinski definition) is 0. The lowest BCUT2D eigenvalue weighted by molar-refractivity contribution is -0.134. The van der Waals surface area contributed by atoms with E-state index in [9.17, 15) is 4.79 Å². The molecule has 1 aromatic heterocycles. The van der Waals surface area contributed by atoms with Crippen molar-refractivity contribution in [3.05, 3.63) is 30.2 Å². The van der Waals surface area contributed by atoms with Crippen LogP contribution in [0.5, 0.6) is 0 Å². The van der Waals surface area contributed by atoms with Crippen molar-refractivity contribution in [3.8, 4) is 0 Å². The molecule has 1 atom stereocenters. The van der Waals surface area contributed by atoms with Crippen molar-refractivity contribution in [2.45, 2.75) is 25.4 Å². The Kier molecular flexibility index (Phi) is 3.69. The third-order valence-electron chi connectivity index (χ3n) is 3.70.